The van der Waals surface area contributed by atoms with Gasteiger partial charge < -0.3 is 161 Å². The van der Waals surface area contributed by atoms with Crippen molar-refractivity contribution in [2.45, 2.75) is 246 Å². The minimum Gasteiger partial charge on any atom is -0.508 e. The molecule has 1 fully saturated rings. The first-order valence-corrected chi connectivity index (χ1v) is 43.4. The van der Waals surface area contributed by atoms with E-state index in [1.165, 1.54) is 62.4 Å². The molecule has 0 unspecified atom stereocenters. The van der Waals surface area contributed by atoms with Crippen LogP contribution in [-0.4, -0.2) is 319 Å². The van der Waals surface area contributed by atoms with Crippen LogP contribution >= 0.6 is 25.3 Å². The zero-order chi connectivity index (χ0) is 98.1. The van der Waals surface area contributed by atoms with Crippen LogP contribution < -0.4 is 120 Å². The van der Waals surface area contributed by atoms with Crippen LogP contribution in [0.15, 0.2) is 48.5 Å². The first-order valence-electron chi connectivity index (χ1n) is 42.3. The van der Waals surface area contributed by atoms with Gasteiger partial charge in [0.2, 0.25) is 94.5 Å². The van der Waals surface area contributed by atoms with Crippen molar-refractivity contribution >= 4 is 132 Å². The van der Waals surface area contributed by atoms with E-state index in [1.54, 1.807) is 27.7 Å². The number of aliphatic carboxylic acids is 1. The van der Waals surface area contributed by atoms with Gasteiger partial charge in [-0.05, 0) is 146 Å². The standard InChI is InChI=1S/C80H132N24O24S2/c1-8-39(4)60(101-73(122)57-32-45(110)34-104(57)77(126)59(86)38(2)3)74(123)103-62(80(6,7)130)76(125)96-51(30-41-14-18-43(108)19-15-41)68(117)99-55(36-106)71(120)95-52(33-58(85)111)69(118)91-47(13-11-29-89-79(87)88)63(112)92-50(24-28-84)67(116)102-61(40(5)107)75(124)94-49(23-27-83)65(114)90-46(12-9-10-25-81)64(113)98-54(35-105)70(119)93-48(22-26-82)66(115)100-56(37-129)72(121)97-53(78(127)128)31-42-16-20-44(109)21-17-42/h14-21,38-40,45-57,59-62,105-110,129-130H,8-13,22-37,81-84,86H2,1-7H3,(H2,85,111)(H,90,114)(H,91,118)(H,92,112)(H,93,119)(H,94,124)(H,95,120)(H,96,125)(H,97,121)(H,98,113)(H,99,117)(H,100,115)(H,101,122)(H,102,116)(H,103,123)(H,127,128)(H4,87,88,89)/t39-,40+,45+,46-,47-,48-,49+,50-,51-,52-,53-,54-,55-,56-,57-,59-,60-,61-,62+/m0/s1. The van der Waals surface area contributed by atoms with E-state index in [0.717, 1.165) is 11.8 Å². The molecule has 0 spiro atoms. The molecule has 2 aromatic carbocycles. The van der Waals surface area contributed by atoms with Gasteiger partial charge in [-0.3, -0.25) is 82.1 Å². The molecule has 50 heteroatoms. The number of carboxylic acids is 1. The average molecular weight is 1880 g/mol. The number of phenols is 2. The molecule has 0 bridgehead atoms. The number of aliphatic hydroxyl groups is 4. The number of carboxylic acid groups (broad SMARTS) is 1. The number of benzene rings is 2. The molecule has 0 aromatic heterocycles. The van der Waals surface area contributed by atoms with Gasteiger partial charge in [-0.15, -0.1) is 0 Å². The number of aromatic hydroxyl groups is 2. The third kappa shape index (κ3) is 37.6. The van der Waals surface area contributed by atoms with Crippen LogP contribution in [0.25, 0.3) is 0 Å². The Morgan fingerprint density at radius 1 is 0.492 bits per heavy atom. The Balaban J connectivity index is 1.89. The van der Waals surface area contributed by atoms with Gasteiger partial charge >= 0.3 is 5.97 Å². The van der Waals surface area contributed by atoms with Crippen LogP contribution in [0, 0.1) is 17.2 Å². The van der Waals surface area contributed by atoms with Crippen molar-refractivity contribution in [2.75, 3.05) is 58.2 Å². The van der Waals surface area contributed by atoms with E-state index in [-0.39, 0.29) is 132 Å². The van der Waals surface area contributed by atoms with Crippen LogP contribution in [0.1, 0.15) is 130 Å². The summed E-state index contributed by atoms with van der Waals surface area (Å²) in [5, 5.41) is 116. The first kappa shape index (κ1) is 113. The van der Waals surface area contributed by atoms with E-state index in [9.17, 15) is 117 Å². The zero-order valence-corrected chi connectivity index (χ0v) is 75.5. The number of amides is 16. The number of nitrogens with one attached hydrogen (secondary N) is 16. The van der Waals surface area contributed by atoms with Crippen molar-refractivity contribution in [2.24, 2.45) is 52.0 Å². The second kappa shape index (κ2) is 56.3. The molecule has 0 saturated carbocycles. The highest BCUT2D eigenvalue weighted by molar-refractivity contribution is 7.81. The number of carbonyl (C=O) groups is 17. The summed E-state index contributed by atoms with van der Waals surface area (Å²) in [6.07, 6.45) is -5.82. The Kier molecular flexibility index (Phi) is 48.8. The Labute approximate surface area is 762 Å². The largest absolute Gasteiger partial charge is 0.508 e. The van der Waals surface area contributed by atoms with Gasteiger partial charge in [-0.2, -0.15) is 25.3 Å². The maximum Gasteiger partial charge on any atom is 0.326 e. The number of aliphatic hydroxyl groups excluding tert-OH is 4. The summed E-state index contributed by atoms with van der Waals surface area (Å²) in [6, 6.07) is -15.5. The Morgan fingerprint density at radius 3 is 1.28 bits per heavy atom. The molecule has 1 heterocycles. The number of hydrogen-bond acceptors (Lipinski definition) is 31. The molecule has 728 valence electrons. The maximum absolute atomic E-state index is 14.7. The van der Waals surface area contributed by atoms with Crippen LogP contribution in [0.5, 0.6) is 11.5 Å². The lowest BCUT2D eigenvalue weighted by atomic mass is 9.95. The van der Waals surface area contributed by atoms with Crippen molar-refractivity contribution in [1.29, 1.82) is 5.41 Å². The van der Waals surface area contributed by atoms with Crippen LogP contribution in [-0.2, 0) is 94.3 Å². The van der Waals surface area contributed by atoms with Crippen molar-refractivity contribution in [3.8, 4) is 11.5 Å². The fourth-order valence-electron chi connectivity index (χ4n) is 13.2. The van der Waals surface area contributed by atoms with Gasteiger partial charge in [0, 0.05) is 42.9 Å². The molecule has 0 aliphatic carbocycles. The van der Waals surface area contributed by atoms with Gasteiger partial charge in [0.1, 0.15) is 102 Å². The Bertz CT molecular complexity index is 4160. The highest BCUT2D eigenvalue weighted by Gasteiger charge is 2.46. The van der Waals surface area contributed by atoms with Crippen molar-refractivity contribution in [3.63, 3.8) is 0 Å². The molecular weight excluding hydrogens is 1750 g/mol. The lowest BCUT2D eigenvalue weighted by molar-refractivity contribution is -0.142. The molecule has 130 heavy (non-hydrogen) atoms. The second-order valence-electron chi connectivity index (χ2n) is 32.3. The molecule has 37 N–H and O–H groups in total. The van der Waals surface area contributed by atoms with Gasteiger partial charge in [-0.25, -0.2) is 4.79 Å². The molecule has 1 aliphatic heterocycles. The van der Waals surface area contributed by atoms with Crippen molar-refractivity contribution in [1.82, 2.24) is 84.7 Å². The average Bonchev–Trinajstić information content (AvgIpc) is 1.68. The Morgan fingerprint density at radius 2 is 0.869 bits per heavy atom. The monoisotopic (exact) mass is 1880 g/mol. The number of thiol groups is 2. The third-order valence-electron chi connectivity index (χ3n) is 20.9. The number of unbranched alkanes of at least 4 members (excludes halogenated alkanes) is 1. The highest BCUT2D eigenvalue weighted by atomic mass is 32.1. The molecule has 1 aliphatic rings. The predicted molar refractivity (Wildman–Crippen MR) is 476 cm³/mol. The quantitative estimate of drug-likeness (QED) is 0.0127. The zero-order valence-electron chi connectivity index (χ0n) is 73.7. The summed E-state index contributed by atoms with van der Waals surface area (Å²) in [6.45, 7) is 7.17. The molecule has 0 radical (unpaired) electrons. The molecular formula is C80H132N24O24S2. The number of phenolic OH excluding ortho intramolecular Hbond substituents is 2. The van der Waals surface area contributed by atoms with Crippen LogP contribution in [0.3, 0.4) is 0 Å². The SMILES string of the molecule is CC[C@H](C)[C@H](NC(=O)[C@@H]1C[C@@H](O)CN1C(=O)[C@@H](N)C(C)C)C(=O)N[C@H](C(=O)N[C@@H](Cc1ccc(O)cc1)C(=O)N[C@@H](CO)C(=O)N[C@@H](CC(N)=O)C(=O)N[C@@H](CCCNC(=N)N)C(=O)N[C@@H](CCN)C(=O)N[C@H](C(=O)N[C@H](CCN)C(=O)N[C@@H](CCCCN)C(=O)N[C@@H](CO)C(=O)N[C@@H](CCN)C(=O)N[C@@H](CS)C(=O)N[C@@H](Cc1ccc(O)cc1)C(=O)O)[C@@H](C)O)C(C)(C)S. The van der Waals surface area contributed by atoms with E-state index in [4.69, 9.17) is 45.5 Å². The van der Waals surface area contributed by atoms with Gasteiger partial charge in [-0.1, -0.05) is 58.4 Å². The molecule has 2 aromatic rings. The van der Waals surface area contributed by atoms with Crippen molar-refractivity contribution < 1.29 is 117 Å². The number of β-amino-alcohol motifs (C(OH)–C–C–N with tert-alkyl or cyclic N) is 1. The minimum absolute atomic E-state index is 0.0921. The summed E-state index contributed by atoms with van der Waals surface area (Å²) in [4.78, 5) is 238. The predicted octanol–water partition coefficient (Wildman–Crippen LogP) is -10.9. The van der Waals surface area contributed by atoms with E-state index in [0.29, 0.717) is 5.56 Å². The first-order chi connectivity index (χ1) is 61.1. The number of primary amides is 1. The summed E-state index contributed by atoms with van der Waals surface area (Å²) < 4.78 is -1.49. The molecule has 3 rings (SSSR count). The number of nitrogens with two attached hydrogens (primary N) is 7. The number of nitrogens with zero attached hydrogens (tertiary/aromatic N) is 1. The topological polar surface area (TPSA) is 821 Å². The molecule has 1 saturated heterocycles. The lowest BCUT2D eigenvalue weighted by Crippen LogP contribution is -2.64. The fourth-order valence-corrected chi connectivity index (χ4v) is 13.6. The summed E-state index contributed by atoms with van der Waals surface area (Å²) >= 11 is 8.75. The summed E-state index contributed by atoms with van der Waals surface area (Å²) in [5.74, 6) is -21.1. The number of likely N-dealkylation sites (tertiary alicyclic amines) is 1. The molecule has 16 amide bonds. The smallest absolute Gasteiger partial charge is 0.326 e. The van der Waals surface area contributed by atoms with Gasteiger partial charge in [0.25, 0.3) is 0 Å². The van der Waals surface area contributed by atoms with E-state index < -0.39 is 258 Å². The second-order valence-corrected chi connectivity index (χ2v) is 33.8. The number of carbonyl (C=O) groups excluding carboxylic acids is 16. The minimum atomic E-state index is -2.05. The van der Waals surface area contributed by atoms with Gasteiger partial charge in [0.15, 0.2) is 5.96 Å². The normalized spacial score (nSPS) is 17.0. The third-order valence-corrected chi connectivity index (χ3v) is 21.6. The fraction of sp³-hybridized carbons (Fsp3) is 0.625. The summed E-state index contributed by atoms with van der Waals surface area (Å²) in [5.41, 5.74) is 41.2. The highest BCUT2D eigenvalue weighted by Crippen LogP contribution is 2.24. The van der Waals surface area contributed by atoms with E-state index >= 15 is 0 Å². The van der Waals surface area contributed by atoms with Crippen LogP contribution in [0.2, 0.25) is 0 Å². The molecule has 19 atom stereocenters. The van der Waals surface area contributed by atoms with Gasteiger partial charge in [0.05, 0.1) is 37.9 Å². The Hall–Kier alpha value is -11.4. The van der Waals surface area contributed by atoms with Crippen LogP contribution in [0.4, 0.5) is 0 Å². The van der Waals surface area contributed by atoms with E-state index in [2.05, 4.69) is 105 Å². The maximum atomic E-state index is 14.7. The lowest BCUT2D eigenvalue weighted by Gasteiger charge is -2.34. The summed E-state index contributed by atoms with van der Waals surface area (Å²) in [7, 11) is 0. The number of guanidine groups is 1. The van der Waals surface area contributed by atoms with Crippen molar-refractivity contribution in [3.05, 3.63) is 59.7 Å². The number of rotatable bonds is 58. The van der Waals surface area contributed by atoms with E-state index in [1.807, 2.05) is 0 Å². The molecule has 48 nitrogen and oxygen atoms in total. The number of hydrogen-bond donors (Lipinski definition) is 32.